The first-order valence-corrected chi connectivity index (χ1v) is 6.05. The molecule has 2 aromatic rings. The lowest BCUT2D eigenvalue weighted by Gasteiger charge is -1.92. The lowest BCUT2D eigenvalue weighted by Crippen LogP contribution is -1.99. The molecular weight excluding hydrogens is 238 g/mol. The van der Waals surface area contributed by atoms with Gasteiger partial charge in [-0.15, -0.1) is 0 Å². The monoisotopic (exact) mass is 251 g/mol. The molecule has 0 fully saturated rings. The van der Waals surface area contributed by atoms with Gasteiger partial charge in [-0.25, -0.2) is 0 Å². The van der Waals surface area contributed by atoms with Crippen LogP contribution in [0.5, 0.6) is 0 Å². The Bertz CT molecular complexity index is 513. The van der Waals surface area contributed by atoms with Crippen LogP contribution in [0, 0.1) is 0 Å². The van der Waals surface area contributed by atoms with Gasteiger partial charge in [-0.1, -0.05) is 24.9 Å². The molecule has 0 amide bonds. The minimum absolute atomic E-state index is 0.167. The Morgan fingerprint density at radius 1 is 1.47 bits per heavy atom. The molecule has 4 heteroatoms. The maximum Gasteiger partial charge on any atom is 0.244 e. The molecule has 0 unspecified atom stereocenters. The molecule has 0 atom stereocenters. The van der Waals surface area contributed by atoms with Crippen molar-refractivity contribution in [2.75, 3.05) is 0 Å². The Morgan fingerprint density at radius 3 is 2.94 bits per heavy atom. The Balaban J connectivity index is 2.12. The fourth-order valence-corrected chi connectivity index (χ4v) is 1.81. The maximum atomic E-state index is 12.0. The first kappa shape index (κ1) is 12.0. The summed E-state index contributed by atoms with van der Waals surface area (Å²) in [5.41, 5.74) is 1.51. The van der Waals surface area contributed by atoms with Crippen LogP contribution in [0.3, 0.4) is 0 Å². The normalized spacial score (nSPS) is 10.7. The van der Waals surface area contributed by atoms with Crippen molar-refractivity contribution in [2.45, 2.75) is 26.2 Å². The molecule has 1 N–H and O–H groups in total. The number of aromatic amines is 1. The van der Waals surface area contributed by atoms with Gasteiger partial charge in [0.05, 0.1) is 12.0 Å². The molecule has 0 aliphatic carbocycles. The number of furan rings is 1. The lowest BCUT2D eigenvalue weighted by atomic mass is 10.1. The first-order valence-electron chi connectivity index (χ1n) is 5.67. The van der Waals surface area contributed by atoms with E-state index in [-0.39, 0.29) is 5.78 Å². The van der Waals surface area contributed by atoms with Gasteiger partial charge in [0.1, 0.15) is 5.15 Å². The predicted molar refractivity (Wildman–Crippen MR) is 66.6 cm³/mol. The zero-order valence-corrected chi connectivity index (χ0v) is 10.4. The molecular formula is C13H14ClNO2. The van der Waals surface area contributed by atoms with Crippen molar-refractivity contribution in [3.05, 3.63) is 46.6 Å². The Labute approximate surface area is 105 Å². The van der Waals surface area contributed by atoms with Crippen LogP contribution >= 0.6 is 11.6 Å². The minimum atomic E-state index is -0.167. The summed E-state index contributed by atoms with van der Waals surface area (Å²) < 4.78 is 5.27. The number of unbranched alkanes of at least 4 members (excludes halogenated alkanes) is 1. The molecule has 17 heavy (non-hydrogen) atoms. The van der Waals surface area contributed by atoms with E-state index in [0.717, 1.165) is 24.8 Å². The van der Waals surface area contributed by atoms with Crippen molar-refractivity contribution in [1.29, 1.82) is 0 Å². The topological polar surface area (TPSA) is 46.0 Å². The van der Waals surface area contributed by atoms with E-state index in [9.17, 15) is 4.79 Å². The van der Waals surface area contributed by atoms with Crippen LogP contribution in [0.1, 0.15) is 41.6 Å². The molecule has 0 radical (unpaired) electrons. The van der Waals surface area contributed by atoms with E-state index >= 15 is 0 Å². The third-order valence-electron chi connectivity index (χ3n) is 2.59. The first-order chi connectivity index (χ1) is 8.20. The van der Waals surface area contributed by atoms with Crippen LogP contribution in [0.2, 0.25) is 5.15 Å². The molecule has 0 aliphatic heterocycles. The number of ketones is 1. The second-order valence-electron chi connectivity index (χ2n) is 3.97. The van der Waals surface area contributed by atoms with Gasteiger partial charge in [-0.05, 0) is 36.6 Å². The number of carbonyl (C=O) groups is 1. The third kappa shape index (κ3) is 2.80. The minimum Gasteiger partial charge on any atom is -0.461 e. The SMILES string of the molecule is CCCCc1coc(C(=O)c2ccc(Cl)[nH]2)c1. The lowest BCUT2D eigenvalue weighted by molar-refractivity contribution is 0.100. The Kier molecular flexibility index (Phi) is 3.69. The molecule has 2 rings (SSSR count). The van der Waals surface area contributed by atoms with E-state index in [2.05, 4.69) is 11.9 Å². The molecule has 0 aromatic carbocycles. The van der Waals surface area contributed by atoms with Gasteiger partial charge in [-0.2, -0.15) is 0 Å². The fraction of sp³-hybridized carbons (Fsp3) is 0.308. The number of aryl methyl sites for hydroxylation is 1. The highest BCUT2D eigenvalue weighted by Gasteiger charge is 2.15. The zero-order valence-electron chi connectivity index (χ0n) is 9.63. The number of nitrogens with one attached hydrogen (secondary N) is 1. The van der Waals surface area contributed by atoms with E-state index in [1.807, 2.05) is 0 Å². The smallest absolute Gasteiger partial charge is 0.244 e. The molecule has 0 saturated carbocycles. The van der Waals surface area contributed by atoms with Crippen molar-refractivity contribution < 1.29 is 9.21 Å². The summed E-state index contributed by atoms with van der Waals surface area (Å²) in [7, 11) is 0. The average Bonchev–Trinajstić information content (AvgIpc) is 2.94. The predicted octanol–water partition coefficient (Wildman–Crippen LogP) is 3.83. The highest BCUT2D eigenvalue weighted by Crippen LogP contribution is 2.16. The average molecular weight is 252 g/mol. The van der Waals surface area contributed by atoms with Gasteiger partial charge >= 0.3 is 0 Å². The number of hydrogen-bond donors (Lipinski definition) is 1. The van der Waals surface area contributed by atoms with Crippen molar-refractivity contribution in [3.63, 3.8) is 0 Å². The molecule has 0 spiro atoms. The van der Waals surface area contributed by atoms with Gasteiger partial charge in [-0.3, -0.25) is 4.79 Å². The quantitative estimate of drug-likeness (QED) is 0.821. The van der Waals surface area contributed by atoms with Crippen LogP contribution < -0.4 is 0 Å². The summed E-state index contributed by atoms with van der Waals surface area (Å²) >= 11 is 5.73. The van der Waals surface area contributed by atoms with Crippen LogP contribution in [-0.2, 0) is 6.42 Å². The highest BCUT2D eigenvalue weighted by atomic mass is 35.5. The number of hydrogen-bond acceptors (Lipinski definition) is 2. The summed E-state index contributed by atoms with van der Waals surface area (Å²) in [5, 5.41) is 0.450. The third-order valence-corrected chi connectivity index (χ3v) is 2.81. The van der Waals surface area contributed by atoms with E-state index in [1.165, 1.54) is 0 Å². The second kappa shape index (κ2) is 5.23. The second-order valence-corrected chi connectivity index (χ2v) is 4.38. The van der Waals surface area contributed by atoms with Crippen molar-refractivity contribution in [3.8, 4) is 0 Å². The van der Waals surface area contributed by atoms with Crippen LogP contribution in [0.15, 0.2) is 28.9 Å². The molecule has 0 saturated heterocycles. The van der Waals surface area contributed by atoms with Crippen molar-refractivity contribution >= 4 is 17.4 Å². The van der Waals surface area contributed by atoms with Gasteiger partial charge in [0.25, 0.3) is 0 Å². The van der Waals surface area contributed by atoms with E-state index < -0.39 is 0 Å². The number of rotatable bonds is 5. The number of H-pyrrole nitrogens is 1. The summed E-state index contributed by atoms with van der Waals surface area (Å²) in [6.07, 6.45) is 4.81. The number of aromatic nitrogens is 1. The van der Waals surface area contributed by atoms with Gasteiger partial charge in [0, 0.05) is 0 Å². The van der Waals surface area contributed by atoms with Gasteiger partial charge < -0.3 is 9.40 Å². The van der Waals surface area contributed by atoms with Crippen LogP contribution in [-0.4, -0.2) is 10.8 Å². The molecule has 3 nitrogen and oxygen atoms in total. The summed E-state index contributed by atoms with van der Waals surface area (Å²) in [6, 6.07) is 5.10. The van der Waals surface area contributed by atoms with Gasteiger partial charge in [0.2, 0.25) is 5.78 Å². The fourth-order valence-electron chi connectivity index (χ4n) is 1.64. The van der Waals surface area contributed by atoms with Crippen LogP contribution in [0.25, 0.3) is 0 Å². The molecule has 2 heterocycles. The zero-order chi connectivity index (χ0) is 12.3. The summed E-state index contributed by atoms with van der Waals surface area (Å²) in [4.78, 5) is 14.7. The van der Waals surface area contributed by atoms with Crippen LogP contribution in [0.4, 0.5) is 0 Å². The van der Waals surface area contributed by atoms with E-state index in [1.54, 1.807) is 24.5 Å². The standard InChI is InChI=1S/C13H14ClNO2/c1-2-3-4-9-7-11(17-8-9)13(16)10-5-6-12(14)15-10/h5-8,15H,2-4H2,1H3. The summed E-state index contributed by atoms with van der Waals surface area (Å²) in [5.74, 6) is 0.189. The Hall–Kier alpha value is -1.48. The largest absolute Gasteiger partial charge is 0.461 e. The number of halogens is 1. The van der Waals surface area contributed by atoms with Gasteiger partial charge in [0.15, 0.2) is 5.76 Å². The highest BCUT2D eigenvalue weighted by molar-refractivity contribution is 6.29. The molecule has 0 aliphatic rings. The number of carbonyl (C=O) groups excluding carboxylic acids is 1. The van der Waals surface area contributed by atoms with Crippen molar-refractivity contribution in [1.82, 2.24) is 4.98 Å². The molecule has 90 valence electrons. The van der Waals surface area contributed by atoms with E-state index in [4.69, 9.17) is 16.0 Å². The van der Waals surface area contributed by atoms with Crippen molar-refractivity contribution in [2.24, 2.45) is 0 Å². The van der Waals surface area contributed by atoms with E-state index in [0.29, 0.717) is 16.6 Å². The molecule has 0 bridgehead atoms. The molecule has 2 aromatic heterocycles. The maximum absolute atomic E-state index is 12.0. The Morgan fingerprint density at radius 2 is 2.29 bits per heavy atom. The summed E-state index contributed by atoms with van der Waals surface area (Å²) in [6.45, 7) is 2.13.